The monoisotopic (exact) mass is 489 g/mol. The molecule has 8 nitrogen and oxygen atoms in total. The number of methoxy groups -OCH3 is 1. The molecule has 0 aliphatic rings. The summed E-state index contributed by atoms with van der Waals surface area (Å²) in [5.74, 6) is -0.466. The molecule has 0 atom stereocenters. The van der Waals surface area contributed by atoms with E-state index in [0.717, 1.165) is 29.1 Å². The molecule has 0 unspecified atom stereocenters. The third-order valence-electron chi connectivity index (χ3n) is 6.02. The van der Waals surface area contributed by atoms with Gasteiger partial charge in [0.2, 0.25) is 5.96 Å². The lowest BCUT2D eigenvalue weighted by molar-refractivity contribution is 0.0600. The maximum atomic E-state index is 13.1. The first-order valence-electron chi connectivity index (χ1n) is 12.0. The summed E-state index contributed by atoms with van der Waals surface area (Å²) in [6.07, 6.45) is 0. The Morgan fingerprint density at radius 1 is 1.06 bits per heavy atom. The molecule has 1 aromatic heterocycles. The van der Waals surface area contributed by atoms with Gasteiger partial charge in [0.05, 0.1) is 24.9 Å². The van der Waals surface area contributed by atoms with E-state index in [2.05, 4.69) is 41.5 Å². The minimum atomic E-state index is -0.446. The van der Waals surface area contributed by atoms with Crippen molar-refractivity contribution in [1.29, 1.82) is 0 Å². The van der Waals surface area contributed by atoms with Crippen LogP contribution in [0, 0.1) is 13.8 Å². The van der Waals surface area contributed by atoms with Crippen LogP contribution in [-0.2, 0) is 23.2 Å². The van der Waals surface area contributed by atoms with Gasteiger partial charge in [-0.2, -0.15) is 5.10 Å². The zero-order chi connectivity index (χ0) is 26.5. The Morgan fingerprint density at radius 3 is 2.33 bits per heavy atom. The number of amides is 1. The Morgan fingerprint density at radius 2 is 1.75 bits per heavy atom. The lowest BCUT2D eigenvalue weighted by Crippen LogP contribution is -2.36. The summed E-state index contributed by atoms with van der Waals surface area (Å²) in [4.78, 5) is 29.7. The Kier molecular flexibility index (Phi) is 8.29. The molecule has 0 radical (unpaired) electrons. The smallest absolute Gasteiger partial charge is 0.337 e. The van der Waals surface area contributed by atoms with Crippen LogP contribution in [0.4, 0.5) is 5.69 Å². The van der Waals surface area contributed by atoms with Crippen molar-refractivity contribution >= 4 is 23.5 Å². The highest BCUT2D eigenvalue weighted by molar-refractivity contribution is 6.10. The molecule has 2 N–H and O–H groups in total. The summed E-state index contributed by atoms with van der Waals surface area (Å²) in [6, 6.07) is 14.4. The number of ether oxygens (including phenoxy) is 1. The average molecular weight is 490 g/mol. The number of rotatable bonds is 6. The highest BCUT2D eigenvalue weighted by Gasteiger charge is 2.16. The van der Waals surface area contributed by atoms with Crippen LogP contribution in [0.5, 0.6) is 0 Å². The van der Waals surface area contributed by atoms with E-state index in [-0.39, 0.29) is 17.3 Å². The van der Waals surface area contributed by atoms with Crippen LogP contribution in [0.15, 0.2) is 53.5 Å². The predicted octanol–water partition coefficient (Wildman–Crippen LogP) is 5.00. The van der Waals surface area contributed by atoms with E-state index in [1.165, 1.54) is 7.11 Å². The second-order valence-corrected chi connectivity index (χ2v) is 9.61. The first kappa shape index (κ1) is 26.7. The highest BCUT2D eigenvalue weighted by atomic mass is 16.5. The number of hydrogen-bond donors (Lipinski definition) is 2. The average Bonchev–Trinajstić information content (AvgIpc) is 3.13. The Labute approximate surface area is 212 Å². The van der Waals surface area contributed by atoms with Crippen LogP contribution in [0.1, 0.15) is 70.9 Å². The minimum absolute atomic E-state index is 0.00745. The zero-order valence-electron chi connectivity index (χ0n) is 22.1. The number of hydrogen-bond acceptors (Lipinski definition) is 5. The number of aliphatic imine (C=N–C) groups is 1. The van der Waals surface area contributed by atoms with Crippen LogP contribution < -0.4 is 10.6 Å². The zero-order valence-corrected chi connectivity index (χ0v) is 22.1. The molecule has 0 saturated heterocycles. The van der Waals surface area contributed by atoms with E-state index in [4.69, 9.17) is 4.74 Å². The summed E-state index contributed by atoms with van der Waals surface area (Å²) < 4.78 is 6.75. The van der Waals surface area contributed by atoms with Gasteiger partial charge in [0, 0.05) is 29.1 Å². The van der Waals surface area contributed by atoms with Gasteiger partial charge in [0.1, 0.15) is 0 Å². The summed E-state index contributed by atoms with van der Waals surface area (Å²) in [5.41, 5.74) is 5.58. The highest BCUT2D eigenvalue weighted by Crippen LogP contribution is 2.22. The maximum Gasteiger partial charge on any atom is 0.337 e. The number of nitrogens with zero attached hydrogens (tertiary/aromatic N) is 3. The number of aromatic nitrogens is 2. The normalized spacial score (nSPS) is 11.8. The second-order valence-electron chi connectivity index (χ2n) is 9.61. The van der Waals surface area contributed by atoms with E-state index >= 15 is 0 Å². The third kappa shape index (κ3) is 6.38. The van der Waals surface area contributed by atoms with E-state index in [9.17, 15) is 9.59 Å². The SMILES string of the molecule is CCn1nc(C)c(CN=C(NC(=O)c2ccc(C(C)(C)C)cc2)Nc2cccc(C(=O)OC)c2)c1C. The van der Waals surface area contributed by atoms with Gasteiger partial charge in [-0.15, -0.1) is 0 Å². The second kappa shape index (κ2) is 11.2. The number of benzene rings is 2. The molecule has 1 heterocycles. The molecule has 0 bridgehead atoms. The summed E-state index contributed by atoms with van der Waals surface area (Å²) in [6.45, 7) is 13.5. The topological polar surface area (TPSA) is 97.6 Å². The fraction of sp³-hybridized carbons (Fsp3) is 0.357. The van der Waals surface area contributed by atoms with E-state index in [0.29, 0.717) is 23.4 Å². The first-order valence-corrected chi connectivity index (χ1v) is 12.0. The third-order valence-corrected chi connectivity index (χ3v) is 6.02. The fourth-order valence-corrected chi connectivity index (χ4v) is 3.82. The van der Waals surface area contributed by atoms with Gasteiger partial charge in [0.25, 0.3) is 5.91 Å². The van der Waals surface area contributed by atoms with E-state index in [1.54, 1.807) is 24.3 Å². The summed E-state index contributed by atoms with van der Waals surface area (Å²) >= 11 is 0. The molecule has 0 aliphatic heterocycles. The molecule has 36 heavy (non-hydrogen) atoms. The van der Waals surface area contributed by atoms with Crippen LogP contribution >= 0.6 is 0 Å². The van der Waals surface area contributed by atoms with Crippen molar-refractivity contribution in [3.05, 3.63) is 82.2 Å². The van der Waals surface area contributed by atoms with Crippen molar-refractivity contribution < 1.29 is 14.3 Å². The number of esters is 1. The number of guanidine groups is 1. The van der Waals surface area contributed by atoms with Crippen molar-refractivity contribution in [3.8, 4) is 0 Å². The van der Waals surface area contributed by atoms with Gasteiger partial charge in [-0.05, 0) is 62.1 Å². The van der Waals surface area contributed by atoms with Gasteiger partial charge in [0.15, 0.2) is 0 Å². The summed E-state index contributed by atoms with van der Waals surface area (Å²) in [7, 11) is 1.33. The van der Waals surface area contributed by atoms with Crippen molar-refractivity contribution in [2.24, 2.45) is 4.99 Å². The maximum absolute atomic E-state index is 13.1. The van der Waals surface area contributed by atoms with Gasteiger partial charge in [-0.1, -0.05) is 39.0 Å². The number of carbonyl (C=O) groups is 2. The molecule has 1 amide bonds. The summed E-state index contributed by atoms with van der Waals surface area (Å²) in [5, 5.41) is 10.6. The molecule has 3 rings (SSSR count). The Balaban J connectivity index is 1.89. The lowest BCUT2D eigenvalue weighted by atomic mass is 9.87. The molecule has 0 aliphatic carbocycles. The lowest BCUT2D eigenvalue weighted by Gasteiger charge is -2.19. The first-order chi connectivity index (χ1) is 17.0. The standard InChI is InChI=1S/C28H35N5O3/c1-8-33-19(3)24(18(2)32-33)17-29-27(30-23-11-9-10-21(16-23)26(35)36-7)31-25(34)20-12-14-22(15-13-20)28(4,5)6/h9-16H,8,17H2,1-7H3,(H2,29,30,31,34). The van der Waals surface area contributed by atoms with Crippen LogP contribution in [-0.4, -0.2) is 34.7 Å². The van der Waals surface area contributed by atoms with E-state index in [1.807, 2.05) is 49.7 Å². The predicted molar refractivity (Wildman–Crippen MR) is 143 cm³/mol. The Bertz CT molecular complexity index is 1270. The molecular weight excluding hydrogens is 454 g/mol. The van der Waals surface area contributed by atoms with Gasteiger partial charge in [-0.3, -0.25) is 14.8 Å². The van der Waals surface area contributed by atoms with Gasteiger partial charge < -0.3 is 10.1 Å². The quantitative estimate of drug-likeness (QED) is 0.288. The fourth-order valence-electron chi connectivity index (χ4n) is 3.82. The van der Waals surface area contributed by atoms with Crippen molar-refractivity contribution in [3.63, 3.8) is 0 Å². The number of carbonyl (C=O) groups excluding carboxylic acids is 2. The minimum Gasteiger partial charge on any atom is -0.465 e. The van der Waals surface area contributed by atoms with Gasteiger partial charge >= 0.3 is 5.97 Å². The largest absolute Gasteiger partial charge is 0.465 e. The number of nitrogens with one attached hydrogen (secondary N) is 2. The van der Waals surface area contributed by atoms with Crippen molar-refractivity contribution in [2.75, 3.05) is 12.4 Å². The molecule has 2 aromatic carbocycles. The Hall–Kier alpha value is -3.94. The molecule has 8 heteroatoms. The molecule has 0 fully saturated rings. The molecule has 3 aromatic rings. The molecule has 0 saturated carbocycles. The molecular formula is C28H35N5O3. The van der Waals surface area contributed by atoms with Crippen LogP contribution in [0.2, 0.25) is 0 Å². The van der Waals surface area contributed by atoms with E-state index < -0.39 is 5.97 Å². The van der Waals surface area contributed by atoms with Crippen molar-refractivity contribution in [1.82, 2.24) is 15.1 Å². The molecule has 0 spiro atoms. The van der Waals surface area contributed by atoms with Crippen LogP contribution in [0.3, 0.4) is 0 Å². The van der Waals surface area contributed by atoms with Crippen molar-refractivity contribution in [2.45, 2.75) is 60.0 Å². The van der Waals surface area contributed by atoms with Crippen LogP contribution in [0.25, 0.3) is 0 Å². The molecule has 190 valence electrons. The van der Waals surface area contributed by atoms with Gasteiger partial charge in [-0.25, -0.2) is 9.79 Å². The number of anilines is 1. The number of aryl methyl sites for hydroxylation is 2.